The molecule has 2 aliphatic rings. The zero-order valence-corrected chi connectivity index (χ0v) is 12.0. The fourth-order valence-electron chi connectivity index (χ4n) is 3.07. The highest BCUT2D eigenvalue weighted by atomic mass is 16.5. The van der Waals surface area contributed by atoms with Crippen molar-refractivity contribution in [2.45, 2.75) is 38.7 Å². The molecule has 0 aromatic rings. The van der Waals surface area contributed by atoms with Gasteiger partial charge in [-0.1, -0.05) is 6.92 Å². The molecule has 2 rings (SSSR count). The van der Waals surface area contributed by atoms with Crippen molar-refractivity contribution in [3.05, 3.63) is 0 Å². The number of likely N-dealkylation sites (tertiary alicyclic amines) is 1. The molecule has 3 atom stereocenters. The Kier molecular flexibility index (Phi) is 5.23. The van der Waals surface area contributed by atoms with Crippen molar-refractivity contribution < 1.29 is 19.4 Å². The van der Waals surface area contributed by atoms with Gasteiger partial charge in [-0.05, 0) is 25.7 Å². The van der Waals surface area contributed by atoms with Gasteiger partial charge in [-0.15, -0.1) is 0 Å². The standard InChI is InChI=1S/C14H24N2O4/c1-2-12-10(5-7-20-12)8-15-14(19)16-6-3-4-11(9-16)13(17)18/h10-12H,2-9H2,1H3,(H,15,19)(H,17,18). The Morgan fingerprint density at radius 1 is 1.40 bits per heavy atom. The Labute approximate surface area is 119 Å². The lowest BCUT2D eigenvalue weighted by Gasteiger charge is -2.31. The summed E-state index contributed by atoms with van der Waals surface area (Å²) in [6, 6.07) is -0.141. The molecule has 0 radical (unpaired) electrons. The molecular weight excluding hydrogens is 260 g/mol. The molecule has 0 bridgehead atoms. The number of carboxylic acids is 1. The lowest BCUT2D eigenvalue weighted by atomic mass is 9.98. The summed E-state index contributed by atoms with van der Waals surface area (Å²) in [5.41, 5.74) is 0. The first-order valence-corrected chi connectivity index (χ1v) is 7.49. The minimum absolute atomic E-state index is 0.141. The average molecular weight is 284 g/mol. The van der Waals surface area contributed by atoms with E-state index in [1.807, 2.05) is 0 Å². The first-order chi connectivity index (χ1) is 9.61. The summed E-state index contributed by atoms with van der Waals surface area (Å²) < 4.78 is 5.60. The third kappa shape index (κ3) is 3.62. The van der Waals surface area contributed by atoms with Crippen LogP contribution in [0.2, 0.25) is 0 Å². The molecule has 2 amide bonds. The monoisotopic (exact) mass is 284 g/mol. The molecule has 114 valence electrons. The minimum atomic E-state index is -0.808. The molecule has 6 nitrogen and oxygen atoms in total. The predicted molar refractivity (Wildman–Crippen MR) is 73.5 cm³/mol. The van der Waals surface area contributed by atoms with Crippen molar-refractivity contribution >= 4 is 12.0 Å². The van der Waals surface area contributed by atoms with Crippen molar-refractivity contribution in [1.29, 1.82) is 0 Å². The van der Waals surface area contributed by atoms with Crippen molar-refractivity contribution in [3.63, 3.8) is 0 Å². The van der Waals surface area contributed by atoms with Crippen LogP contribution < -0.4 is 5.32 Å². The molecule has 2 saturated heterocycles. The second-order valence-electron chi connectivity index (χ2n) is 5.68. The van der Waals surface area contributed by atoms with Crippen LogP contribution in [0, 0.1) is 11.8 Å². The van der Waals surface area contributed by atoms with Crippen LogP contribution in [0.5, 0.6) is 0 Å². The molecule has 0 aromatic carbocycles. The first kappa shape index (κ1) is 15.1. The Morgan fingerprint density at radius 2 is 2.20 bits per heavy atom. The number of hydrogen-bond acceptors (Lipinski definition) is 3. The Bertz CT molecular complexity index is 361. The summed E-state index contributed by atoms with van der Waals surface area (Å²) >= 11 is 0. The van der Waals surface area contributed by atoms with Gasteiger partial charge in [-0.2, -0.15) is 0 Å². The normalized spacial score (nSPS) is 30.2. The molecule has 6 heteroatoms. The molecular formula is C14H24N2O4. The smallest absolute Gasteiger partial charge is 0.317 e. The number of carboxylic acid groups (broad SMARTS) is 1. The zero-order valence-electron chi connectivity index (χ0n) is 12.0. The highest BCUT2D eigenvalue weighted by Gasteiger charge is 2.30. The number of nitrogens with one attached hydrogen (secondary N) is 1. The van der Waals surface area contributed by atoms with Gasteiger partial charge >= 0.3 is 12.0 Å². The van der Waals surface area contributed by atoms with Gasteiger partial charge in [-0.25, -0.2) is 4.79 Å². The average Bonchev–Trinajstić information content (AvgIpc) is 2.92. The number of urea groups is 1. The summed E-state index contributed by atoms with van der Waals surface area (Å²) in [5.74, 6) is -0.852. The van der Waals surface area contributed by atoms with E-state index in [4.69, 9.17) is 9.84 Å². The van der Waals surface area contributed by atoms with E-state index in [0.29, 0.717) is 32.0 Å². The summed E-state index contributed by atoms with van der Waals surface area (Å²) in [5, 5.41) is 12.0. The van der Waals surface area contributed by atoms with Crippen LogP contribution in [0.25, 0.3) is 0 Å². The second kappa shape index (κ2) is 6.92. The van der Waals surface area contributed by atoms with Crippen LogP contribution in [0.15, 0.2) is 0 Å². The van der Waals surface area contributed by atoms with Gasteiger partial charge in [0.1, 0.15) is 0 Å². The quantitative estimate of drug-likeness (QED) is 0.816. The van der Waals surface area contributed by atoms with E-state index in [1.54, 1.807) is 4.90 Å². The summed E-state index contributed by atoms with van der Waals surface area (Å²) in [6.45, 7) is 4.44. The van der Waals surface area contributed by atoms with E-state index in [9.17, 15) is 9.59 Å². The van der Waals surface area contributed by atoms with Crippen molar-refractivity contribution in [2.24, 2.45) is 11.8 Å². The molecule has 2 heterocycles. The van der Waals surface area contributed by atoms with Gasteiger partial charge in [0.15, 0.2) is 0 Å². The van der Waals surface area contributed by atoms with Crippen LogP contribution in [0.3, 0.4) is 0 Å². The summed E-state index contributed by atoms with van der Waals surface area (Å²) in [6.07, 6.45) is 3.60. The zero-order chi connectivity index (χ0) is 14.5. The Hall–Kier alpha value is -1.30. The molecule has 20 heavy (non-hydrogen) atoms. The summed E-state index contributed by atoms with van der Waals surface area (Å²) in [7, 11) is 0. The number of amides is 2. The fourth-order valence-corrected chi connectivity index (χ4v) is 3.07. The lowest BCUT2D eigenvalue weighted by Crippen LogP contribution is -2.48. The van der Waals surface area contributed by atoms with E-state index in [-0.39, 0.29) is 12.1 Å². The van der Waals surface area contributed by atoms with Gasteiger partial charge < -0.3 is 20.1 Å². The highest BCUT2D eigenvalue weighted by molar-refractivity contribution is 5.76. The van der Waals surface area contributed by atoms with E-state index in [0.717, 1.165) is 25.9 Å². The molecule has 2 aliphatic heterocycles. The first-order valence-electron chi connectivity index (χ1n) is 7.49. The maximum atomic E-state index is 12.1. The fraction of sp³-hybridized carbons (Fsp3) is 0.857. The van der Waals surface area contributed by atoms with Gasteiger partial charge in [0, 0.05) is 32.2 Å². The summed E-state index contributed by atoms with van der Waals surface area (Å²) in [4.78, 5) is 24.7. The number of hydrogen-bond donors (Lipinski definition) is 2. The van der Waals surface area contributed by atoms with Crippen LogP contribution in [0.4, 0.5) is 4.79 Å². The number of carbonyl (C=O) groups excluding carboxylic acids is 1. The number of carbonyl (C=O) groups is 2. The molecule has 0 aliphatic carbocycles. The third-order valence-electron chi connectivity index (χ3n) is 4.32. The van der Waals surface area contributed by atoms with Gasteiger partial charge in [-0.3, -0.25) is 4.79 Å². The SMILES string of the molecule is CCC1OCCC1CNC(=O)N1CCCC(C(=O)O)C1. The van der Waals surface area contributed by atoms with Crippen LogP contribution in [0.1, 0.15) is 32.6 Å². The molecule has 3 unspecified atom stereocenters. The third-order valence-corrected chi connectivity index (χ3v) is 4.32. The number of ether oxygens (including phenoxy) is 1. The molecule has 0 spiro atoms. The maximum absolute atomic E-state index is 12.1. The molecule has 2 N–H and O–H groups in total. The van der Waals surface area contributed by atoms with Crippen molar-refractivity contribution in [3.8, 4) is 0 Å². The van der Waals surface area contributed by atoms with Gasteiger partial charge in [0.05, 0.1) is 12.0 Å². The Balaban J connectivity index is 1.78. The van der Waals surface area contributed by atoms with E-state index >= 15 is 0 Å². The van der Waals surface area contributed by atoms with Crippen molar-refractivity contribution in [1.82, 2.24) is 10.2 Å². The minimum Gasteiger partial charge on any atom is -0.481 e. The lowest BCUT2D eigenvalue weighted by molar-refractivity contribution is -0.143. The van der Waals surface area contributed by atoms with Crippen LogP contribution in [-0.4, -0.2) is 54.4 Å². The Morgan fingerprint density at radius 3 is 2.90 bits per heavy atom. The molecule has 0 saturated carbocycles. The van der Waals surface area contributed by atoms with Gasteiger partial charge in [0.2, 0.25) is 0 Å². The van der Waals surface area contributed by atoms with E-state index in [1.165, 1.54) is 0 Å². The molecule has 0 aromatic heterocycles. The number of nitrogens with zero attached hydrogens (tertiary/aromatic N) is 1. The topological polar surface area (TPSA) is 78.9 Å². The maximum Gasteiger partial charge on any atom is 0.317 e. The molecule has 2 fully saturated rings. The number of aliphatic carboxylic acids is 1. The van der Waals surface area contributed by atoms with E-state index in [2.05, 4.69) is 12.2 Å². The highest BCUT2D eigenvalue weighted by Crippen LogP contribution is 2.23. The number of rotatable bonds is 4. The largest absolute Gasteiger partial charge is 0.481 e. The second-order valence-corrected chi connectivity index (χ2v) is 5.68. The van der Waals surface area contributed by atoms with E-state index < -0.39 is 11.9 Å². The number of piperidine rings is 1. The van der Waals surface area contributed by atoms with Gasteiger partial charge in [0.25, 0.3) is 0 Å². The predicted octanol–water partition coefficient (Wildman–Crippen LogP) is 1.31. The van der Waals surface area contributed by atoms with Crippen molar-refractivity contribution in [2.75, 3.05) is 26.2 Å². The van der Waals surface area contributed by atoms with Crippen LogP contribution in [-0.2, 0) is 9.53 Å². The van der Waals surface area contributed by atoms with Crippen LogP contribution >= 0.6 is 0 Å².